The van der Waals surface area contributed by atoms with Crippen molar-refractivity contribution >= 4 is 32.6 Å². The first-order valence-electron chi connectivity index (χ1n) is 11.9. The molecule has 0 unspecified atom stereocenters. The molecule has 3 aromatic heterocycles. The fourth-order valence-electron chi connectivity index (χ4n) is 4.89. The van der Waals surface area contributed by atoms with Crippen LogP contribution < -0.4 is 0 Å². The number of pyridine rings is 2. The van der Waals surface area contributed by atoms with E-state index in [9.17, 15) is 0 Å². The fourth-order valence-corrected chi connectivity index (χ4v) is 4.89. The highest BCUT2D eigenvalue weighted by atomic mass is 14.9. The molecule has 168 valence electrons. The predicted molar refractivity (Wildman–Crippen MR) is 146 cm³/mol. The van der Waals surface area contributed by atoms with E-state index in [-0.39, 0.29) is 0 Å². The summed E-state index contributed by atoms with van der Waals surface area (Å²) in [7, 11) is 0. The van der Waals surface area contributed by atoms with Crippen molar-refractivity contribution < 1.29 is 0 Å². The third-order valence-electron chi connectivity index (χ3n) is 6.65. The van der Waals surface area contributed by atoms with Crippen molar-refractivity contribution in [1.82, 2.24) is 19.9 Å². The summed E-state index contributed by atoms with van der Waals surface area (Å²) in [5.41, 5.74) is 7.25. The van der Waals surface area contributed by atoms with Crippen LogP contribution in [0.4, 0.5) is 0 Å². The topological polar surface area (TPSA) is 51.6 Å². The molecule has 0 aliphatic carbocycles. The molecule has 4 aromatic carbocycles. The zero-order valence-electron chi connectivity index (χ0n) is 19.3. The number of fused-ring (bicyclic) bond motifs is 4. The molecule has 4 heteroatoms. The molecule has 7 aromatic rings. The van der Waals surface area contributed by atoms with Gasteiger partial charge in [-0.15, -0.1) is 0 Å². The lowest BCUT2D eigenvalue weighted by Gasteiger charge is -2.12. The molecule has 0 N–H and O–H groups in total. The van der Waals surface area contributed by atoms with Gasteiger partial charge in [-0.25, -0.2) is 15.0 Å². The van der Waals surface area contributed by atoms with Gasteiger partial charge in [-0.05, 0) is 46.2 Å². The molecular weight excluding hydrogens is 440 g/mol. The second-order valence-electron chi connectivity index (χ2n) is 8.76. The van der Waals surface area contributed by atoms with E-state index < -0.39 is 0 Å². The minimum Gasteiger partial charge on any atom is -0.254 e. The Bertz CT molecular complexity index is 1880. The monoisotopic (exact) mass is 460 g/mol. The second kappa shape index (κ2) is 8.36. The number of hydrogen-bond donors (Lipinski definition) is 0. The summed E-state index contributed by atoms with van der Waals surface area (Å²) in [5.74, 6) is 0.736. The highest BCUT2D eigenvalue weighted by Crippen LogP contribution is 2.35. The van der Waals surface area contributed by atoms with E-state index in [1.165, 1.54) is 10.9 Å². The number of nitrogens with zero attached hydrogens (tertiary/aromatic N) is 4. The van der Waals surface area contributed by atoms with Crippen LogP contribution in [-0.4, -0.2) is 19.9 Å². The van der Waals surface area contributed by atoms with E-state index in [0.717, 1.165) is 55.4 Å². The van der Waals surface area contributed by atoms with Crippen LogP contribution in [-0.2, 0) is 0 Å². The Morgan fingerprint density at radius 2 is 1.06 bits per heavy atom. The molecule has 0 fully saturated rings. The molecule has 0 spiro atoms. The van der Waals surface area contributed by atoms with E-state index in [4.69, 9.17) is 4.98 Å². The maximum absolute atomic E-state index is 4.99. The fraction of sp³-hybridized carbons (Fsp3) is 0. The molecule has 0 aliphatic heterocycles. The Hall–Kier alpha value is -4.96. The highest BCUT2D eigenvalue weighted by Gasteiger charge is 2.12. The van der Waals surface area contributed by atoms with Crippen LogP contribution in [0.25, 0.3) is 66.4 Å². The Morgan fingerprint density at radius 1 is 0.417 bits per heavy atom. The van der Waals surface area contributed by atoms with Crippen LogP contribution >= 0.6 is 0 Å². The van der Waals surface area contributed by atoms with Gasteiger partial charge in [0.1, 0.15) is 0 Å². The van der Waals surface area contributed by atoms with Gasteiger partial charge in [0.25, 0.3) is 0 Å². The van der Waals surface area contributed by atoms with Gasteiger partial charge in [0.2, 0.25) is 0 Å². The molecule has 0 amide bonds. The molecule has 0 radical (unpaired) electrons. The SMILES string of the molecule is c1cnc(-c2ccc(-c3ccc(-c4ccc5ccc6cccnc6c5n4)cc3)c3ccccc23)nc1. The summed E-state index contributed by atoms with van der Waals surface area (Å²) < 4.78 is 0. The van der Waals surface area contributed by atoms with Gasteiger partial charge in [0, 0.05) is 40.5 Å². The molecule has 0 saturated carbocycles. The van der Waals surface area contributed by atoms with Crippen LogP contribution in [0, 0.1) is 0 Å². The van der Waals surface area contributed by atoms with Crippen LogP contribution in [0.3, 0.4) is 0 Å². The van der Waals surface area contributed by atoms with Crippen molar-refractivity contribution in [3.63, 3.8) is 0 Å². The molecule has 0 saturated heterocycles. The average Bonchev–Trinajstić information content (AvgIpc) is 2.97. The first kappa shape index (κ1) is 20.4. The molecule has 0 bridgehead atoms. The van der Waals surface area contributed by atoms with Crippen LogP contribution in [0.5, 0.6) is 0 Å². The minimum atomic E-state index is 0.736. The van der Waals surface area contributed by atoms with E-state index in [1.54, 1.807) is 12.4 Å². The average molecular weight is 461 g/mol. The van der Waals surface area contributed by atoms with Gasteiger partial charge in [-0.3, -0.25) is 4.98 Å². The van der Waals surface area contributed by atoms with Gasteiger partial charge in [0.05, 0.1) is 16.7 Å². The van der Waals surface area contributed by atoms with Crippen LogP contribution in [0.2, 0.25) is 0 Å². The Labute approximate surface area is 208 Å². The zero-order valence-corrected chi connectivity index (χ0v) is 19.3. The maximum atomic E-state index is 4.99. The summed E-state index contributed by atoms with van der Waals surface area (Å²) >= 11 is 0. The third-order valence-corrected chi connectivity index (χ3v) is 6.65. The quantitative estimate of drug-likeness (QED) is 0.253. The maximum Gasteiger partial charge on any atom is 0.159 e. The Kier molecular flexibility index (Phi) is 4.74. The lowest BCUT2D eigenvalue weighted by molar-refractivity contribution is 1.18. The Balaban J connectivity index is 1.31. The normalized spacial score (nSPS) is 11.3. The number of aromatic nitrogens is 4. The van der Waals surface area contributed by atoms with Crippen LogP contribution in [0.15, 0.2) is 122 Å². The van der Waals surface area contributed by atoms with Crippen molar-refractivity contribution in [1.29, 1.82) is 0 Å². The summed E-state index contributed by atoms with van der Waals surface area (Å²) in [6.07, 6.45) is 5.39. The first-order chi connectivity index (χ1) is 17.8. The Morgan fingerprint density at radius 3 is 1.86 bits per heavy atom. The molecule has 4 nitrogen and oxygen atoms in total. The van der Waals surface area contributed by atoms with Crippen LogP contribution in [0.1, 0.15) is 0 Å². The second-order valence-corrected chi connectivity index (χ2v) is 8.76. The van der Waals surface area contributed by atoms with Crippen molar-refractivity contribution in [3.8, 4) is 33.8 Å². The van der Waals surface area contributed by atoms with E-state index in [0.29, 0.717) is 0 Å². The van der Waals surface area contributed by atoms with Gasteiger partial charge in [-0.2, -0.15) is 0 Å². The van der Waals surface area contributed by atoms with Gasteiger partial charge in [0.15, 0.2) is 5.82 Å². The lowest BCUT2D eigenvalue weighted by Crippen LogP contribution is -1.91. The zero-order chi connectivity index (χ0) is 23.9. The van der Waals surface area contributed by atoms with E-state index >= 15 is 0 Å². The molecule has 0 aliphatic rings. The molecule has 36 heavy (non-hydrogen) atoms. The van der Waals surface area contributed by atoms with E-state index in [2.05, 4.69) is 106 Å². The number of hydrogen-bond acceptors (Lipinski definition) is 4. The van der Waals surface area contributed by atoms with Crippen molar-refractivity contribution in [2.24, 2.45) is 0 Å². The molecule has 3 heterocycles. The van der Waals surface area contributed by atoms with Crippen molar-refractivity contribution in [2.45, 2.75) is 0 Å². The summed E-state index contributed by atoms with van der Waals surface area (Å²) in [6.45, 7) is 0. The standard InChI is InChI=1S/C32H20N4/c1-2-7-27-26(6-1)25(15-16-28(27)32-34-19-4-20-35-32)21-8-10-22(11-9-21)29-17-14-24-13-12-23-5-3-18-33-30(23)31(24)36-29/h1-20H. The van der Waals surface area contributed by atoms with Crippen molar-refractivity contribution in [3.05, 3.63) is 122 Å². The highest BCUT2D eigenvalue weighted by molar-refractivity contribution is 6.05. The molecular formula is C32H20N4. The number of benzene rings is 4. The first-order valence-corrected chi connectivity index (χ1v) is 11.9. The van der Waals surface area contributed by atoms with Gasteiger partial charge >= 0.3 is 0 Å². The predicted octanol–water partition coefficient (Wildman–Crippen LogP) is 7.73. The largest absolute Gasteiger partial charge is 0.254 e. The van der Waals surface area contributed by atoms with Gasteiger partial charge < -0.3 is 0 Å². The summed E-state index contributed by atoms with van der Waals surface area (Å²) in [5, 5.41) is 4.51. The van der Waals surface area contributed by atoms with Crippen molar-refractivity contribution in [2.75, 3.05) is 0 Å². The van der Waals surface area contributed by atoms with E-state index in [1.807, 2.05) is 18.3 Å². The van der Waals surface area contributed by atoms with Gasteiger partial charge in [-0.1, -0.05) is 78.9 Å². The lowest BCUT2D eigenvalue weighted by atomic mass is 9.94. The molecule has 0 atom stereocenters. The smallest absolute Gasteiger partial charge is 0.159 e. The molecule has 7 rings (SSSR count). The minimum absolute atomic E-state index is 0.736. The number of rotatable bonds is 3. The third kappa shape index (κ3) is 3.39. The summed E-state index contributed by atoms with van der Waals surface area (Å²) in [4.78, 5) is 18.5. The summed E-state index contributed by atoms with van der Waals surface area (Å²) in [6, 6.07) is 35.6.